The van der Waals surface area contributed by atoms with Gasteiger partial charge in [0.2, 0.25) is 10.0 Å². The summed E-state index contributed by atoms with van der Waals surface area (Å²) in [6.07, 6.45) is 0.641. The number of nitrogen functional groups attached to an aromatic ring is 1. The standard InChI is InChI=1S/C12H20N2O4S/c1-12(2,17-3)7-8-18-9-5-4-6-10(11(9)13)19(14,15)16/h4-6H,7-8,13H2,1-3H3,(H2,14,15,16). The van der Waals surface area contributed by atoms with Gasteiger partial charge in [-0.3, -0.25) is 0 Å². The third-order valence-corrected chi connectivity index (χ3v) is 3.82. The van der Waals surface area contributed by atoms with E-state index in [1.165, 1.54) is 12.1 Å². The van der Waals surface area contributed by atoms with Gasteiger partial charge in [-0.05, 0) is 26.0 Å². The lowest BCUT2D eigenvalue weighted by atomic mass is 10.1. The fourth-order valence-corrected chi connectivity index (χ4v) is 2.08. The molecular formula is C12H20N2O4S. The minimum absolute atomic E-state index is 0.0280. The number of anilines is 1. The van der Waals surface area contributed by atoms with Crippen LogP contribution in [0.3, 0.4) is 0 Å². The van der Waals surface area contributed by atoms with Crippen LogP contribution in [0.5, 0.6) is 5.75 Å². The van der Waals surface area contributed by atoms with E-state index in [0.717, 1.165) is 0 Å². The maximum atomic E-state index is 11.3. The van der Waals surface area contributed by atoms with Crippen molar-refractivity contribution in [3.8, 4) is 5.75 Å². The highest BCUT2D eigenvalue weighted by Crippen LogP contribution is 2.28. The third-order valence-electron chi connectivity index (χ3n) is 2.85. The molecule has 0 saturated heterocycles. The number of benzene rings is 1. The number of primary sulfonamides is 1. The van der Waals surface area contributed by atoms with Gasteiger partial charge in [0.25, 0.3) is 0 Å². The van der Waals surface area contributed by atoms with E-state index in [1.54, 1.807) is 13.2 Å². The molecule has 0 saturated carbocycles. The molecule has 0 fully saturated rings. The molecule has 0 bridgehead atoms. The van der Waals surface area contributed by atoms with Crippen LogP contribution in [0.25, 0.3) is 0 Å². The van der Waals surface area contributed by atoms with Crippen LogP contribution >= 0.6 is 0 Å². The fourth-order valence-electron chi connectivity index (χ4n) is 1.41. The number of rotatable bonds is 6. The Morgan fingerprint density at radius 1 is 1.32 bits per heavy atom. The molecule has 0 amide bonds. The van der Waals surface area contributed by atoms with E-state index in [9.17, 15) is 8.42 Å². The van der Waals surface area contributed by atoms with Gasteiger partial charge < -0.3 is 15.2 Å². The van der Waals surface area contributed by atoms with Crippen molar-refractivity contribution in [1.82, 2.24) is 0 Å². The molecule has 1 rings (SSSR count). The molecular weight excluding hydrogens is 268 g/mol. The zero-order chi connectivity index (χ0) is 14.7. The lowest BCUT2D eigenvalue weighted by Gasteiger charge is -2.23. The van der Waals surface area contributed by atoms with Crippen LogP contribution < -0.4 is 15.6 Å². The largest absolute Gasteiger partial charge is 0.491 e. The van der Waals surface area contributed by atoms with E-state index in [2.05, 4.69) is 0 Å². The maximum Gasteiger partial charge on any atom is 0.240 e. The summed E-state index contributed by atoms with van der Waals surface area (Å²) < 4.78 is 33.4. The third kappa shape index (κ3) is 4.38. The van der Waals surface area contributed by atoms with Crippen molar-refractivity contribution in [2.24, 2.45) is 5.14 Å². The first-order valence-electron chi connectivity index (χ1n) is 5.76. The first-order valence-corrected chi connectivity index (χ1v) is 7.31. The number of hydrogen-bond acceptors (Lipinski definition) is 5. The molecule has 108 valence electrons. The van der Waals surface area contributed by atoms with Crippen LogP contribution in [0.15, 0.2) is 23.1 Å². The van der Waals surface area contributed by atoms with E-state index in [-0.39, 0.29) is 16.2 Å². The van der Waals surface area contributed by atoms with Gasteiger partial charge >= 0.3 is 0 Å². The van der Waals surface area contributed by atoms with Crippen molar-refractivity contribution in [1.29, 1.82) is 0 Å². The molecule has 1 aromatic rings. The Morgan fingerprint density at radius 2 is 1.95 bits per heavy atom. The van der Waals surface area contributed by atoms with E-state index >= 15 is 0 Å². The van der Waals surface area contributed by atoms with E-state index < -0.39 is 10.0 Å². The smallest absolute Gasteiger partial charge is 0.240 e. The van der Waals surface area contributed by atoms with Gasteiger partial charge in [0.05, 0.1) is 17.9 Å². The minimum atomic E-state index is -3.84. The van der Waals surface area contributed by atoms with Crippen LogP contribution in [0.2, 0.25) is 0 Å². The van der Waals surface area contributed by atoms with Gasteiger partial charge in [0, 0.05) is 13.5 Å². The Kier molecular flexibility index (Phi) is 4.78. The summed E-state index contributed by atoms with van der Waals surface area (Å²) in [6, 6.07) is 4.48. The summed E-state index contributed by atoms with van der Waals surface area (Å²) in [6.45, 7) is 4.22. The Bertz CT molecular complexity index is 541. The normalized spacial score (nSPS) is 12.4. The molecule has 1 aromatic carbocycles. The first-order chi connectivity index (χ1) is 8.67. The van der Waals surface area contributed by atoms with Crippen LogP contribution in [0, 0.1) is 0 Å². The van der Waals surface area contributed by atoms with E-state index in [1.807, 2.05) is 13.8 Å². The molecule has 0 spiro atoms. The highest BCUT2D eigenvalue weighted by Gasteiger charge is 2.18. The summed E-state index contributed by atoms with van der Waals surface area (Å²) >= 11 is 0. The van der Waals surface area contributed by atoms with Crippen LogP contribution in [0.1, 0.15) is 20.3 Å². The Morgan fingerprint density at radius 3 is 2.47 bits per heavy atom. The summed E-state index contributed by atoms with van der Waals surface area (Å²) in [4.78, 5) is -0.129. The second kappa shape index (κ2) is 5.77. The zero-order valence-corrected chi connectivity index (χ0v) is 12.2. The fraction of sp³-hybridized carbons (Fsp3) is 0.500. The number of sulfonamides is 1. The molecule has 4 N–H and O–H groups in total. The highest BCUT2D eigenvalue weighted by atomic mass is 32.2. The predicted octanol–water partition coefficient (Wildman–Crippen LogP) is 1.11. The van der Waals surface area contributed by atoms with Gasteiger partial charge in [-0.25, -0.2) is 13.6 Å². The molecule has 0 aromatic heterocycles. The monoisotopic (exact) mass is 288 g/mol. The number of para-hydroxylation sites is 1. The first kappa shape index (κ1) is 15.7. The summed E-state index contributed by atoms with van der Waals surface area (Å²) in [5.41, 5.74) is 5.45. The van der Waals surface area contributed by atoms with Gasteiger partial charge in [-0.1, -0.05) is 6.07 Å². The Balaban J connectivity index is 2.81. The maximum absolute atomic E-state index is 11.3. The number of methoxy groups -OCH3 is 1. The quantitative estimate of drug-likeness (QED) is 0.763. The molecule has 0 atom stereocenters. The Labute approximate surface area is 113 Å². The molecule has 0 aliphatic carbocycles. The van der Waals surface area contributed by atoms with E-state index in [0.29, 0.717) is 18.8 Å². The van der Waals surface area contributed by atoms with Crippen LogP contribution in [0.4, 0.5) is 5.69 Å². The lowest BCUT2D eigenvalue weighted by molar-refractivity contribution is 0.00550. The van der Waals surface area contributed by atoms with Gasteiger partial charge in [-0.2, -0.15) is 0 Å². The minimum Gasteiger partial charge on any atom is -0.491 e. The summed E-state index contributed by atoms with van der Waals surface area (Å²) in [5.74, 6) is 0.304. The lowest BCUT2D eigenvalue weighted by Crippen LogP contribution is -2.25. The van der Waals surface area contributed by atoms with Crippen LogP contribution in [-0.2, 0) is 14.8 Å². The summed E-state index contributed by atoms with van der Waals surface area (Å²) in [7, 11) is -2.22. The average Bonchev–Trinajstić information content (AvgIpc) is 2.29. The molecule has 19 heavy (non-hydrogen) atoms. The molecule has 6 nitrogen and oxygen atoms in total. The van der Waals surface area contributed by atoms with Crippen molar-refractivity contribution in [2.75, 3.05) is 19.5 Å². The second-order valence-electron chi connectivity index (χ2n) is 4.78. The van der Waals surface area contributed by atoms with Crippen molar-refractivity contribution in [3.63, 3.8) is 0 Å². The van der Waals surface area contributed by atoms with Crippen LogP contribution in [-0.4, -0.2) is 27.7 Å². The average molecular weight is 288 g/mol. The molecule has 0 aliphatic rings. The van der Waals surface area contributed by atoms with Crippen molar-refractivity contribution in [3.05, 3.63) is 18.2 Å². The molecule has 0 unspecified atom stereocenters. The predicted molar refractivity (Wildman–Crippen MR) is 73.4 cm³/mol. The van der Waals surface area contributed by atoms with Crippen molar-refractivity contribution < 1.29 is 17.9 Å². The molecule has 0 radical (unpaired) electrons. The molecule has 0 heterocycles. The van der Waals surface area contributed by atoms with Crippen molar-refractivity contribution in [2.45, 2.75) is 30.8 Å². The number of ether oxygens (including phenoxy) is 2. The molecule has 0 aliphatic heterocycles. The van der Waals surface area contributed by atoms with Crippen molar-refractivity contribution >= 4 is 15.7 Å². The number of nitrogens with two attached hydrogens (primary N) is 2. The van der Waals surface area contributed by atoms with Gasteiger partial charge in [-0.15, -0.1) is 0 Å². The number of hydrogen-bond donors (Lipinski definition) is 2. The summed E-state index contributed by atoms with van der Waals surface area (Å²) in [5, 5.41) is 5.06. The zero-order valence-electron chi connectivity index (χ0n) is 11.3. The SMILES string of the molecule is COC(C)(C)CCOc1cccc(S(N)(=O)=O)c1N. The topological polar surface area (TPSA) is 105 Å². The molecule has 7 heteroatoms. The Hall–Kier alpha value is -1.31. The second-order valence-corrected chi connectivity index (χ2v) is 6.31. The van der Waals surface area contributed by atoms with Gasteiger partial charge in [0.1, 0.15) is 10.6 Å². The van der Waals surface area contributed by atoms with E-state index in [4.69, 9.17) is 20.3 Å². The van der Waals surface area contributed by atoms with Gasteiger partial charge in [0.15, 0.2) is 0 Å². The highest BCUT2D eigenvalue weighted by molar-refractivity contribution is 7.89.